The lowest BCUT2D eigenvalue weighted by molar-refractivity contribution is -0.110. The van der Waals surface area contributed by atoms with Crippen LogP contribution in [0, 0.1) is 5.92 Å². The van der Waals surface area contributed by atoms with Gasteiger partial charge in [0.25, 0.3) is 0 Å². The third-order valence-corrected chi connectivity index (χ3v) is 6.21. The number of ether oxygens (including phenoxy) is 2. The summed E-state index contributed by atoms with van der Waals surface area (Å²) in [5, 5.41) is 3.86. The molecule has 0 spiro atoms. The molecule has 1 amide bonds. The molecular formula is C25H30N2O3S. The molecule has 2 aromatic carbocycles. The number of amides is 1. The Labute approximate surface area is 188 Å². The molecule has 0 aliphatic heterocycles. The van der Waals surface area contributed by atoms with Gasteiger partial charge >= 0.3 is 0 Å². The van der Waals surface area contributed by atoms with Crippen LogP contribution < -0.4 is 10.1 Å². The third kappa shape index (κ3) is 6.39. The zero-order chi connectivity index (χ0) is 22.1. The molecule has 1 N–H and O–H groups in total. The first-order valence-corrected chi connectivity index (χ1v) is 11.4. The van der Waals surface area contributed by atoms with E-state index in [0.717, 1.165) is 51.6 Å². The Balaban J connectivity index is 1.87. The molecule has 164 valence electrons. The molecule has 5 nitrogen and oxygen atoms in total. The lowest BCUT2D eigenvalue weighted by atomic mass is 9.96. The van der Waals surface area contributed by atoms with E-state index >= 15 is 0 Å². The molecule has 3 rings (SSSR count). The second-order valence-corrected chi connectivity index (χ2v) is 8.79. The maximum atomic E-state index is 11.0. The minimum Gasteiger partial charge on any atom is -0.493 e. The summed E-state index contributed by atoms with van der Waals surface area (Å²) in [5.41, 5.74) is 3.27. The Morgan fingerprint density at radius 2 is 1.94 bits per heavy atom. The first-order valence-electron chi connectivity index (χ1n) is 10.6. The minimum absolute atomic E-state index is 0.0780. The SMILES string of the molecule is COCCCOc1cc(CC(NC=O)C(C)C)ccc1-c1ncc(-c2ccccc2)s1. The number of thiazole rings is 1. The van der Waals surface area contributed by atoms with E-state index < -0.39 is 0 Å². The highest BCUT2D eigenvalue weighted by Gasteiger charge is 2.17. The van der Waals surface area contributed by atoms with Gasteiger partial charge in [-0.3, -0.25) is 4.79 Å². The van der Waals surface area contributed by atoms with Gasteiger partial charge in [0.15, 0.2) is 0 Å². The van der Waals surface area contributed by atoms with Gasteiger partial charge in [0.2, 0.25) is 6.41 Å². The van der Waals surface area contributed by atoms with Crippen molar-refractivity contribution >= 4 is 17.7 Å². The predicted octanol–water partition coefficient (Wildman–Crippen LogP) is 5.21. The molecule has 3 aromatic rings. The van der Waals surface area contributed by atoms with E-state index in [1.165, 1.54) is 0 Å². The molecular weight excluding hydrogens is 408 g/mol. The van der Waals surface area contributed by atoms with Crippen LogP contribution in [-0.2, 0) is 16.0 Å². The topological polar surface area (TPSA) is 60.5 Å². The van der Waals surface area contributed by atoms with Crippen LogP contribution in [0.3, 0.4) is 0 Å². The summed E-state index contributed by atoms with van der Waals surface area (Å²) in [6.45, 7) is 5.45. The Morgan fingerprint density at radius 3 is 2.65 bits per heavy atom. The Hall–Kier alpha value is -2.70. The van der Waals surface area contributed by atoms with Gasteiger partial charge in [-0.2, -0.15) is 0 Å². The number of rotatable bonds is 12. The molecule has 6 heteroatoms. The van der Waals surface area contributed by atoms with Crippen LogP contribution in [0.1, 0.15) is 25.8 Å². The molecule has 0 fully saturated rings. The summed E-state index contributed by atoms with van der Waals surface area (Å²) in [7, 11) is 1.69. The summed E-state index contributed by atoms with van der Waals surface area (Å²) in [6.07, 6.45) is 4.26. The van der Waals surface area contributed by atoms with Crippen molar-refractivity contribution in [3.63, 3.8) is 0 Å². The van der Waals surface area contributed by atoms with Crippen molar-refractivity contribution in [2.45, 2.75) is 32.7 Å². The number of nitrogens with zero attached hydrogens (tertiary/aromatic N) is 1. The highest BCUT2D eigenvalue weighted by molar-refractivity contribution is 7.18. The van der Waals surface area contributed by atoms with Crippen LogP contribution in [0.25, 0.3) is 21.0 Å². The van der Waals surface area contributed by atoms with Crippen molar-refractivity contribution in [1.82, 2.24) is 10.3 Å². The number of carbonyl (C=O) groups excluding carboxylic acids is 1. The van der Waals surface area contributed by atoms with E-state index in [1.54, 1.807) is 18.4 Å². The zero-order valence-corrected chi connectivity index (χ0v) is 19.2. The van der Waals surface area contributed by atoms with Gasteiger partial charge in [-0.15, -0.1) is 11.3 Å². The molecule has 0 bridgehead atoms. The summed E-state index contributed by atoms with van der Waals surface area (Å²) in [4.78, 5) is 16.8. The molecule has 31 heavy (non-hydrogen) atoms. The van der Waals surface area contributed by atoms with Crippen LogP contribution >= 0.6 is 11.3 Å². The van der Waals surface area contributed by atoms with Crippen LogP contribution in [-0.4, -0.2) is 37.8 Å². The van der Waals surface area contributed by atoms with E-state index in [4.69, 9.17) is 9.47 Å². The first-order chi connectivity index (χ1) is 15.1. The quantitative estimate of drug-likeness (QED) is 0.312. The molecule has 0 aliphatic carbocycles. The fourth-order valence-electron chi connectivity index (χ4n) is 3.34. The number of methoxy groups -OCH3 is 1. The summed E-state index contributed by atoms with van der Waals surface area (Å²) in [5.74, 6) is 1.15. The highest BCUT2D eigenvalue weighted by Crippen LogP contribution is 2.37. The van der Waals surface area contributed by atoms with E-state index in [1.807, 2.05) is 24.4 Å². The lowest BCUT2D eigenvalue weighted by Gasteiger charge is -2.21. The molecule has 1 atom stereocenters. The maximum absolute atomic E-state index is 11.0. The van der Waals surface area contributed by atoms with Crippen LogP contribution in [0.4, 0.5) is 0 Å². The average molecular weight is 439 g/mol. The van der Waals surface area contributed by atoms with Gasteiger partial charge < -0.3 is 14.8 Å². The Kier molecular flexibility index (Phi) is 8.62. The summed E-state index contributed by atoms with van der Waals surface area (Å²) in [6, 6.07) is 16.6. The molecule has 1 heterocycles. The lowest BCUT2D eigenvalue weighted by Crippen LogP contribution is -2.34. The fraction of sp³-hybridized carbons (Fsp3) is 0.360. The van der Waals surface area contributed by atoms with E-state index in [9.17, 15) is 4.79 Å². The predicted molar refractivity (Wildman–Crippen MR) is 127 cm³/mol. The largest absolute Gasteiger partial charge is 0.493 e. The molecule has 0 saturated carbocycles. The second kappa shape index (κ2) is 11.6. The molecule has 0 aliphatic rings. The molecule has 0 radical (unpaired) electrons. The minimum atomic E-state index is 0.0780. The summed E-state index contributed by atoms with van der Waals surface area (Å²) < 4.78 is 11.3. The van der Waals surface area contributed by atoms with Crippen molar-refractivity contribution in [2.24, 2.45) is 5.92 Å². The smallest absolute Gasteiger partial charge is 0.207 e. The number of aromatic nitrogens is 1. The van der Waals surface area contributed by atoms with Crippen molar-refractivity contribution in [1.29, 1.82) is 0 Å². The van der Waals surface area contributed by atoms with Gasteiger partial charge in [-0.05, 0) is 35.6 Å². The van der Waals surface area contributed by atoms with Gasteiger partial charge in [0, 0.05) is 32.4 Å². The van der Waals surface area contributed by atoms with Gasteiger partial charge in [0.05, 0.1) is 17.0 Å². The van der Waals surface area contributed by atoms with Crippen molar-refractivity contribution in [3.8, 4) is 26.8 Å². The number of carbonyl (C=O) groups is 1. The molecule has 1 unspecified atom stereocenters. The number of hydrogen-bond donors (Lipinski definition) is 1. The fourth-order valence-corrected chi connectivity index (χ4v) is 4.29. The first kappa shape index (κ1) is 23.0. The van der Waals surface area contributed by atoms with Crippen molar-refractivity contribution in [2.75, 3.05) is 20.3 Å². The van der Waals surface area contributed by atoms with Gasteiger partial charge in [-0.1, -0.05) is 50.2 Å². The zero-order valence-electron chi connectivity index (χ0n) is 18.3. The van der Waals surface area contributed by atoms with Crippen molar-refractivity contribution in [3.05, 3.63) is 60.3 Å². The van der Waals surface area contributed by atoms with Crippen LogP contribution in [0.15, 0.2) is 54.7 Å². The molecule has 0 saturated heterocycles. The number of hydrogen-bond acceptors (Lipinski definition) is 5. The average Bonchev–Trinajstić information content (AvgIpc) is 3.27. The Bertz CT molecular complexity index is 956. The Morgan fingerprint density at radius 1 is 1.13 bits per heavy atom. The summed E-state index contributed by atoms with van der Waals surface area (Å²) >= 11 is 1.66. The van der Waals surface area contributed by atoms with Gasteiger partial charge in [-0.25, -0.2) is 4.98 Å². The second-order valence-electron chi connectivity index (χ2n) is 7.76. The normalized spacial score (nSPS) is 12.0. The standard InChI is InChI=1S/C25H30N2O3S/c1-18(2)22(27-17-28)14-19-10-11-21(23(15-19)30-13-7-12-29-3)25-26-16-24(31-25)20-8-5-4-6-9-20/h4-6,8-11,15-18,22H,7,12-14H2,1-3H3,(H,27,28). The third-order valence-electron chi connectivity index (χ3n) is 5.13. The number of nitrogens with one attached hydrogen (secondary N) is 1. The monoisotopic (exact) mass is 438 g/mol. The van der Waals surface area contributed by atoms with Crippen LogP contribution in [0.5, 0.6) is 5.75 Å². The molecule has 1 aromatic heterocycles. The van der Waals surface area contributed by atoms with E-state index in [2.05, 4.69) is 54.5 Å². The number of benzene rings is 2. The van der Waals surface area contributed by atoms with E-state index in [0.29, 0.717) is 19.1 Å². The van der Waals surface area contributed by atoms with E-state index in [-0.39, 0.29) is 6.04 Å². The van der Waals surface area contributed by atoms with Crippen LogP contribution in [0.2, 0.25) is 0 Å². The van der Waals surface area contributed by atoms with Crippen molar-refractivity contribution < 1.29 is 14.3 Å². The maximum Gasteiger partial charge on any atom is 0.207 e. The van der Waals surface area contributed by atoms with Gasteiger partial charge in [0.1, 0.15) is 10.8 Å². The highest BCUT2D eigenvalue weighted by atomic mass is 32.1.